The molecule has 0 saturated heterocycles. The molecule has 0 bridgehead atoms. The molecule has 3 aromatic carbocycles. The van der Waals surface area contributed by atoms with Crippen LogP contribution in [-0.4, -0.2) is 5.11 Å². The zero-order valence-corrected chi connectivity index (χ0v) is 11.1. The standard InChI is InChI=1S/C17H13F2NO/c18-14-6-3-7-15(17(14)19)20-10-13-12-5-2-1-4-11(12)8-9-16(13)21/h1-9,20-21H,10H2. The lowest BCUT2D eigenvalue weighted by Crippen LogP contribution is -2.03. The molecule has 0 fully saturated rings. The fourth-order valence-electron chi connectivity index (χ4n) is 2.33. The van der Waals surface area contributed by atoms with Crippen LogP contribution in [0.3, 0.4) is 0 Å². The molecule has 0 unspecified atom stereocenters. The summed E-state index contributed by atoms with van der Waals surface area (Å²) in [6.07, 6.45) is 0. The van der Waals surface area contributed by atoms with Crippen LogP contribution >= 0.6 is 0 Å². The van der Waals surface area contributed by atoms with Crippen LogP contribution in [0.15, 0.2) is 54.6 Å². The van der Waals surface area contributed by atoms with Crippen LogP contribution < -0.4 is 5.32 Å². The molecule has 0 saturated carbocycles. The number of anilines is 1. The Morgan fingerprint density at radius 1 is 0.905 bits per heavy atom. The van der Waals surface area contributed by atoms with E-state index < -0.39 is 11.6 Å². The lowest BCUT2D eigenvalue weighted by atomic mass is 10.0. The first-order valence-corrected chi connectivity index (χ1v) is 6.54. The molecule has 4 heteroatoms. The minimum Gasteiger partial charge on any atom is -0.508 e. The third kappa shape index (κ3) is 2.52. The van der Waals surface area contributed by atoms with Gasteiger partial charge in [0.1, 0.15) is 5.75 Å². The highest BCUT2D eigenvalue weighted by Crippen LogP contribution is 2.28. The van der Waals surface area contributed by atoms with Gasteiger partial charge >= 0.3 is 0 Å². The third-order valence-electron chi connectivity index (χ3n) is 3.42. The molecule has 3 rings (SSSR count). The largest absolute Gasteiger partial charge is 0.508 e. The molecule has 2 N–H and O–H groups in total. The topological polar surface area (TPSA) is 32.3 Å². The van der Waals surface area contributed by atoms with Gasteiger partial charge in [-0.1, -0.05) is 36.4 Å². The van der Waals surface area contributed by atoms with Crippen molar-refractivity contribution in [1.82, 2.24) is 0 Å². The first-order chi connectivity index (χ1) is 10.2. The van der Waals surface area contributed by atoms with E-state index in [9.17, 15) is 13.9 Å². The second-order valence-electron chi connectivity index (χ2n) is 4.74. The van der Waals surface area contributed by atoms with Crippen molar-refractivity contribution in [3.63, 3.8) is 0 Å². The number of aromatic hydroxyl groups is 1. The zero-order valence-electron chi connectivity index (χ0n) is 11.1. The average molecular weight is 285 g/mol. The van der Waals surface area contributed by atoms with Gasteiger partial charge in [-0.25, -0.2) is 8.78 Å². The van der Waals surface area contributed by atoms with Crippen LogP contribution in [0, 0.1) is 11.6 Å². The summed E-state index contributed by atoms with van der Waals surface area (Å²) in [6.45, 7) is 0.202. The number of phenols is 1. The van der Waals surface area contributed by atoms with Crippen molar-refractivity contribution in [1.29, 1.82) is 0 Å². The maximum absolute atomic E-state index is 13.6. The van der Waals surface area contributed by atoms with E-state index in [-0.39, 0.29) is 18.0 Å². The number of fused-ring (bicyclic) bond motifs is 1. The molecule has 106 valence electrons. The van der Waals surface area contributed by atoms with Gasteiger partial charge in [0, 0.05) is 12.1 Å². The fourth-order valence-corrected chi connectivity index (χ4v) is 2.33. The number of hydrogen-bond acceptors (Lipinski definition) is 2. The van der Waals surface area contributed by atoms with E-state index in [1.165, 1.54) is 12.1 Å². The second-order valence-corrected chi connectivity index (χ2v) is 4.74. The van der Waals surface area contributed by atoms with E-state index in [0.29, 0.717) is 5.56 Å². The Morgan fingerprint density at radius 2 is 1.71 bits per heavy atom. The van der Waals surface area contributed by atoms with Crippen molar-refractivity contribution in [3.8, 4) is 5.75 Å². The van der Waals surface area contributed by atoms with Gasteiger partial charge < -0.3 is 10.4 Å². The number of nitrogens with one attached hydrogen (secondary N) is 1. The molecule has 2 nitrogen and oxygen atoms in total. The molecular weight excluding hydrogens is 272 g/mol. The predicted octanol–water partition coefficient (Wildman–Crippen LogP) is 4.44. The molecule has 3 aromatic rings. The van der Waals surface area contributed by atoms with Gasteiger partial charge in [0.2, 0.25) is 0 Å². The van der Waals surface area contributed by atoms with E-state index in [1.54, 1.807) is 6.07 Å². The van der Waals surface area contributed by atoms with E-state index in [0.717, 1.165) is 16.8 Å². The Hall–Kier alpha value is -2.62. The fraction of sp³-hybridized carbons (Fsp3) is 0.0588. The van der Waals surface area contributed by atoms with E-state index in [2.05, 4.69) is 5.32 Å². The second kappa shape index (κ2) is 5.40. The maximum Gasteiger partial charge on any atom is 0.181 e. The van der Waals surface area contributed by atoms with Gasteiger partial charge in [0.15, 0.2) is 11.6 Å². The van der Waals surface area contributed by atoms with E-state index in [4.69, 9.17) is 0 Å². The van der Waals surface area contributed by atoms with E-state index in [1.807, 2.05) is 30.3 Å². The van der Waals surface area contributed by atoms with Gasteiger partial charge in [-0.2, -0.15) is 0 Å². The summed E-state index contributed by atoms with van der Waals surface area (Å²) in [4.78, 5) is 0. The molecule has 21 heavy (non-hydrogen) atoms. The molecular formula is C17H13F2NO. The van der Waals surface area contributed by atoms with Crippen LogP contribution in [0.4, 0.5) is 14.5 Å². The third-order valence-corrected chi connectivity index (χ3v) is 3.42. The van der Waals surface area contributed by atoms with Crippen molar-refractivity contribution in [3.05, 3.63) is 71.8 Å². The van der Waals surface area contributed by atoms with Crippen molar-refractivity contribution in [2.24, 2.45) is 0 Å². The van der Waals surface area contributed by atoms with Crippen LogP contribution in [0.1, 0.15) is 5.56 Å². The van der Waals surface area contributed by atoms with E-state index >= 15 is 0 Å². The van der Waals surface area contributed by atoms with Crippen molar-refractivity contribution in [2.45, 2.75) is 6.54 Å². The summed E-state index contributed by atoms with van der Waals surface area (Å²) in [5.41, 5.74) is 0.721. The summed E-state index contributed by atoms with van der Waals surface area (Å²) in [7, 11) is 0. The summed E-state index contributed by atoms with van der Waals surface area (Å²) in [5.74, 6) is -1.70. The van der Waals surface area contributed by atoms with Crippen molar-refractivity contribution >= 4 is 16.5 Å². The normalized spacial score (nSPS) is 10.8. The maximum atomic E-state index is 13.6. The summed E-state index contributed by atoms with van der Waals surface area (Å²) < 4.78 is 26.8. The van der Waals surface area contributed by atoms with Gasteiger partial charge in [0.25, 0.3) is 0 Å². The SMILES string of the molecule is Oc1ccc2ccccc2c1CNc1cccc(F)c1F. The molecule has 0 amide bonds. The molecule has 0 aliphatic heterocycles. The Labute approximate surface area is 120 Å². The van der Waals surface area contributed by atoms with Gasteiger partial charge in [-0.3, -0.25) is 0 Å². The molecule has 0 aliphatic carbocycles. The molecule has 0 radical (unpaired) electrons. The highest BCUT2D eigenvalue weighted by molar-refractivity contribution is 5.87. The highest BCUT2D eigenvalue weighted by Gasteiger charge is 2.10. The number of phenolic OH excluding ortho intramolecular Hbond substituents is 1. The van der Waals surface area contributed by atoms with Gasteiger partial charge in [-0.15, -0.1) is 0 Å². The summed E-state index contributed by atoms with van der Waals surface area (Å²) in [5, 5.41) is 14.7. The molecule has 0 aliphatic rings. The molecule has 0 spiro atoms. The lowest BCUT2D eigenvalue weighted by Gasteiger charge is -2.12. The van der Waals surface area contributed by atoms with Gasteiger partial charge in [-0.05, 0) is 29.0 Å². The Balaban J connectivity index is 1.95. The molecule has 0 aromatic heterocycles. The number of halogens is 2. The summed E-state index contributed by atoms with van der Waals surface area (Å²) >= 11 is 0. The first-order valence-electron chi connectivity index (χ1n) is 6.54. The number of hydrogen-bond donors (Lipinski definition) is 2. The van der Waals surface area contributed by atoms with Crippen molar-refractivity contribution < 1.29 is 13.9 Å². The quantitative estimate of drug-likeness (QED) is 0.746. The molecule has 0 atom stereocenters. The van der Waals surface area contributed by atoms with Gasteiger partial charge in [0.05, 0.1) is 5.69 Å². The Kier molecular flexibility index (Phi) is 3.44. The number of rotatable bonds is 3. The van der Waals surface area contributed by atoms with Crippen LogP contribution in [0.5, 0.6) is 5.75 Å². The van der Waals surface area contributed by atoms with Crippen LogP contribution in [0.2, 0.25) is 0 Å². The molecule has 0 heterocycles. The monoisotopic (exact) mass is 285 g/mol. The minimum absolute atomic E-state index is 0.0716. The Bertz CT molecular complexity index is 802. The van der Waals surface area contributed by atoms with Crippen LogP contribution in [-0.2, 0) is 6.54 Å². The minimum atomic E-state index is -0.919. The predicted molar refractivity (Wildman–Crippen MR) is 79.3 cm³/mol. The highest BCUT2D eigenvalue weighted by atomic mass is 19.2. The van der Waals surface area contributed by atoms with Crippen LogP contribution in [0.25, 0.3) is 10.8 Å². The average Bonchev–Trinajstić information content (AvgIpc) is 2.50. The zero-order chi connectivity index (χ0) is 14.8. The Morgan fingerprint density at radius 3 is 2.57 bits per heavy atom. The van der Waals surface area contributed by atoms with Crippen molar-refractivity contribution in [2.75, 3.05) is 5.32 Å². The first kappa shape index (κ1) is 13.4. The summed E-state index contributed by atoms with van der Waals surface area (Å²) in [6, 6.07) is 15.0. The number of benzene rings is 3. The smallest absolute Gasteiger partial charge is 0.181 e. The lowest BCUT2D eigenvalue weighted by molar-refractivity contribution is 0.470.